The Hall–Kier alpha value is -1.18. The van der Waals surface area contributed by atoms with E-state index in [9.17, 15) is 4.79 Å². The van der Waals surface area contributed by atoms with Crippen molar-refractivity contribution in [1.29, 1.82) is 0 Å². The van der Waals surface area contributed by atoms with E-state index in [-0.39, 0.29) is 5.91 Å². The maximum Gasteiger partial charge on any atom is 0.271 e. The van der Waals surface area contributed by atoms with Crippen LogP contribution in [0.3, 0.4) is 0 Å². The summed E-state index contributed by atoms with van der Waals surface area (Å²) in [6, 6.07) is 17.1. The number of hydrogen-bond acceptors (Lipinski definition) is 4. The Morgan fingerprint density at radius 1 is 1.06 bits per heavy atom. The first-order valence-corrected chi connectivity index (χ1v) is 12.6. The van der Waals surface area contributed by atoms with Gasteiger partial charge in [-0.15, -0.1) is 0 Å². The molecule has 0 aliphatic heterocycles. The molecule has 3 aromatic carbocycles. The third kappa shape index (κ3) is 6.90. The van der Waals surface area contributed by atoms with Crippen LogP contribution < -0.4 is 14.9 Å². The molecule has 0 spiro atoms. The number of rotatable bonds is 7. The molecule has 0 fully saturated rings. The van der Waals surface area contributed by atoms with Crippen molar-refractivity contribution < 1.29 is 14.3 Å². The monoisotopic (exact) mass is 768 g/mol. The average Bonchev–Trinajstić information content (AvgIpc) is 2.74. The van der Waals surface area contributed by atoms with E-state index in [2.05, 4.69) is 87.6 Å². The fraction of sp³-hybridized carbons (Fsp3) is 0.0909. The molecule has 3 aromatic rings. The third-order valence-electron chi connectivity index (χ3n) is 4.11. The number of methoxy groups -OCH3 is 1. The molecule has 160 valence electrons. The number of hydrazone groups is 1. The highest BCUT2D eigenvalue weighted by Crippen LogP contribution is 2.35. The second-order valence-electron chi connectivity index (χ2n) is 6.28. The zero-order valence-corrected chi connectivity index (χ0v) is 23.7. The van der Waals surface area contributed by atoms with E-state index in [0.717, 1.165) is 23.6 Å². The number of halogens is 4. The zero-order valence-electron chi connectivity index (χ0n) is 16.2. The Kier molecular flexibility index (Phi) is 9.17. The molecule has 0 radical (unpaired) electrons. The molecular weight excluding hydrogens is 754 g/mol. The normalized spacial score (nSPS) is 10.9. The van der Waals surface area contributed by atoms with Gasteiger partial charge in [-0.05, 0) is 131 Å². The van der Waals surface area contributed by atoms with Gasteiger partial charge in [0.1, 0.15) is 18.1 Å². The smallest absolute Gasteiger partial charge is 0.271 e. The van der Waals surface area contributed by atoms with Crippen molar-refractivity contribution in [1.82, 2.24) is 5.43 Å². The van der Waals surface area contributed by atoms with E-state index in [1.807, 2.05) is 42.5 Å². The van der Waals surface area contributed by atoms with E-state index < -0.39 is 0 Å². The van der Waals surface area contributed by atoms with Gasteiger partial charge in [0.25, 0.3) is 5.91 Å². The number of carbonyl (C=O) groups is 1. The van der Waals surface area contributed by atoms with Crippen molar-refractivity contribution >= 4 is 89.2 Å². The highest BCUT2D eigenvalue weighted by Gasteiger charge is 2.10. The predicted molar refractivity (Wildman–Crippen MR) is 146 cm³/mol. The van der Waals surface area contributed by atoms with Crippen molar-refractivity contribution in [2.75, 3.05) is 7.11 Å². The maximum absolute atomic E-state index is 12.3. The lowest BCUT2D eigenvalue weighted by Crippen LogP contribution is -2.17. The molecule has 0 heterocycles. The molecule has 9 heteroatoms. The summed E-state index contributed by atoms with van der Waals surface area (Å²) < 4.78 is 14.9. The van der Waals surface area contributed by atoms with Crippen molar-refractivity contribution in [2.45, 2.75) is 6.61 Å². The Balaban J connectivity index is 1.64. The minimum absolute atomic E-state index is 0.318. The van der Waals surface area contributed by atoms with Crippen molar-refractivity contribution in [3.05, 3.63) is 87.4 Å². The van der Waals surface area contributed by atoms with Crippen molar-refractivity contribution in [3.63, 3.8) is 0 Å². The first-order chi connectivity index (χ1) is 14.9. The highest BCUT2D eigenvalue weighted by atomic mass is 127. The molecule has 1 N–H and O–H groups in total. The summed E-state index contributed by atoms with van der Waals surface area (Å²) in [5, 5.41) is 4.06. The quantitative estimate of drug-likeness (QED) is 0.164. The minimum Gasteiger partial charge on any atom is -0.496 e. The van der Waals surface area contributed by atoms with Crippen LogP contribution in [0, 0.1) is 7.14 Å². The molecular formula is C22H16Br2I2N2O3. The Morgan fingerprint density at radius 3 is 2.39 bits per heavy atom. The molecule has 1 amide bonds. The lowest BCUT2D eigenvalue weighted by molar-refractivity contribution is 0.0954. The second-order valence-corrected chi connectivity index (χ2v) is 10.4. The van der Waals surface area contributed by atoms with E-state index >= 15 is 0 Å². The maximum atomic E-state index is 12.3. The van der Waals surface area contributed by atoms with Crippen molar-refractivity contribution in [2.24, 2.45) is 5.10 Å². The van der Waals surface area contributed by atoms with Crippen LogP contribution in [0.25, 0.3) is 0 Å². The molecule has 0 unspecified atom stereocenters. The molecule has 0 atom stereocenters. The molecule has 0 saturated heterocycles. The van der Waals surface area contributed by atoms with Gasteiger partial charge in [0.05, 0.1) is 25.8 Å². The Morgan fingerprint density at radius 2 is 1.74 bits per heavy atom. The van der Waals surface area contributed by atoms with E-state index in [0.29, 0.717) is 23.7 Å². The number of carbonyl (C=O) groups excluding carboxylic acids is 1. The molecule has 3 rings (SSSR count). The molecule has 0 aliphatic rings. The van der Waals surface area contributed by atoms with Crippen molar-refractivity contribution in [3.8, 4) is 11.5 Å². The van der Waals surface area contributed by atoms with Gasteiger partial charge in [0, 0.05) is 9.13 Å². The van der Waals surface area contributed by atoms with E-state index in [1.54, 1.807) is 25.5 Å². The fourth-order valence-corrected chi connectivity index (χ4v) is 4.93. The Bertz CT molecular complexity index is 1100. The summed E-state index contributed by atoms with van der Waals surface area (Å²) in [7, 11) is 1.57. The molecule has 0 aliphatic carbocycles. The number of nitrogens with one attached hydrogen (secondary N) is 1. The zero-order chi connectivity index (χ0) is 22.4. The summed E-state index contributed by atoms with van der Waals surface area (Å²) in [6.07, 6.45) is 1.57. The fourth-order valence-electron chi connectivity index (χ4n) is 2.56. The van der Waals surface area contributed by atoms with Gasteiger partial charge in [0.2, 0.25) is 0 Å². The van der Waals surface area contributed by atoms with Crippen LogP contribution in [0.4, 0.5) is 0 Å². The van der Waals surface area contributed by atoms with Gasteiger partial charge in [-0.25, -0.2) is 5.43 Å². The van der Waals surface area contributed by atoms with Crippen LogP contribution >= 0.6 is 77.0 Å². The first kappa shape index (κ1) is 24.5. The van der Waals surface area contributed by atoms with Gasteiger partial charge in [-0.3, -0.25) is 4.79 Å². The van der Waals surface area contributed by atoms with Gasteiger partial charge >= 0.3 is 0 Å². The van der Waals surface area contributed by atoms with Crippen LogP contribution in [0.5, 0.6) is 11.5 Å². The van der Waals surface area contributed by atoms with Crippen LogP contribution in [0.1, 0.15) is 21.5 Å². The lowest BCUT2D eigenvalue weighted by Gasteiger charge is -2.11. The van der Waals surface area contributed by atoms with Crippen LogP contribution in [-0.4, -0.2) is 19.2 Å². The van der Waals surface area contributed by atoms with Crippen LogP contribution in [0.15, 0.2) is 68.6 Å². The lowest BCUT2D eigenvalue weighted by atomic mass is 10.2. The van der Waals surface area contributed by atoms with Gasteiger partial charge in [-0.1, -0.05) is 12.1 Å². The topological polar surface area (TPSA) is 59.9 Å². The molecule has 5 nitrogen and oxygen atoms in total. The molecule has 31 heavy (non-hydrogen) atoms. The molecule has 0 bridgehead atoms. The van der Waals surface area contributed by atoms with Gasteiger partial charge < -0.3 is 9.47 Å². The Labute approximate surface area is 224 Å². The van der Waals surface area contributed by atoms with Gasteiger partial charge in [-0.2, -0.15) is 5.10 Å². The summed E-state index contributed by atoms with van der Waals surface area (Å²) >= 11 is 11.5. The van der Waals surface area contributed by atoms with Crippen LogP contribution in [-0.2, 0) is 6.61 Å². The highest BCUT2D eigenvalue weighted by molar-refractivity contribution is 14.1. The summed E-state index contributed by atoms with van der Waals surface area (Å²) in [5.41, 5.74) is 4.88. The summed E-state index contributed by atoms with van der Waals surface area (Å²) in [5.74, 6) is 1.03. The second kappa shape index (κ2) is 11.6. The molecule has 0 aromatic heterocycles. The number of benzene rings is 3. The average molecular weight is 770 g/mol. The van der Waals surface area contributed by atoms with Crippen LogP contribution in [0.2, 0.25) is 0 Å². The van der Waals surface area contributed by atoms with E-state index in [4.69, 9.17) is 9.47 Å². The number of hydrogen-bond donors (Lipinski definition) is 1. The largest absolute Gasteiger partial charge is 0.496 e. The minimum atomic E-state index is -0.318. The standard InChI is InChI=1S/C22H16Br2I2N2O3/c1-30-20-10-15(4-7-19(20)26)22(29)28-27-11-14-8-17(23)21(18(24)9-14)31-12-13-2-5-16(25)6-3-13/h2-11H,12H2,1H3,(H,28,29)/b27-11-. The third-order valence-corrected chi connectivity index (χ3v) is 6.90. The first-order valence-electron chi connectivity index (χ1n) is 8.90. The SMILES string of the molecule is COc1cc(C(=O)N/N=C\c2cc(Br)c(OCc3ccc(I)cc3)c(Br)c2)ccc1I. The predicted octanol–water partition coefficient (Wildman–Crippen LogP) is 6.77. The number of ether oxygens (including phenoxy) is 2. The van der Waals surface area contributed by atoms with E-state index in [1.165, 1.54) is 3.57 Å². The number of amides is 1. The number of nitrogens with zero attached hydrogens (tertiary/aromatic N) is 1. The summed E-state index contributed by atoms with van der Waals surface area (Å²) in [4.78, 5) is 12.3. The van der Waals surface area contributed by atoms with Gasteiger partial charge in [0.15, 0.2) is 0 Å². The summed E-state index contributed by atoms with van der Waals surface area (Å²) in [6.45, 7) is 0.455. The molecule has 0 saturated carbocycles.